The van der Waals surface area contributed by atoms with Crippen LogP contribution in [0.4, 0.5) is 0 Å². The van der Waals surface area contributed by atoms with Crippen LogP contribution in [0, 0.1) is 0 Å². The minimum Gasteiger partial charge on any atom is -0.508 e. The second-order valence-electron chi connectivity index (χ2n) is 12.1. The van der Waals surface area contributed by atoms with E-state index in [-0.39, 0.29) is 18.0 Å². The normalized spacial score (nSPS) is 14.8. The SMILES string of the molecule is C=CC(C)(CC/C=C(\C)C/C=C(\C)CC/C=C(\C)CC/C=C(\C)C(=O)[C@@H](O)C=C(C)C)Oc1ccc(O)cc1CC(=O)OC. The number of aliphatic hydroxyl groups excluding tert-OH is 1. The Morgan fingerprint density at radius 2 is 1.55 bits per heavy atom. The van der Waals surface area contributed by atoms with Gasteiger partial charge >= 0.3 is 5.97 Å². The molecule has 0 aromatic heterocycles. The van der Waals surface area contributed by atoms with Gasteiger partial charge in [-0.15, -0.1) is 0 Å². The number of benzene rings is 1. The van der Waals surface area contributed by atoms with Gasteiger partial charge < -0.3 is 19.7 Å². The highest BCUT2D eigenvalue weighted by Gasteiger charge is 2.24. The molecule has 0 fully saturated rings. The lowest BCUT2D eigenvalue weighted by molar-refractivity contribution is -0.139. The van der Waals surface area contributed by atoms with Crippen molar-refractivity contribution < 1.29 is 29.3 Å². The molecule has 0 spiro atoms. The van der Waals surface area contributed by atoms with E-state index in [1.54, 1.807) is 31.2 Å². The Labute approximate surface area is 265 Å². The van der Waals surface area contributed by atoms with E-state index >= 15 is 0 Å². The molecule has 0 aliphatic heterocycles. The molecule has 44 heavy (non-hydrogen) atoms. The van der Waals surface area contributed by atoms with Crippen molar-refractivity contribution in [3.63, 3.8) is 0 Å². The minimum absolute atomic E-state index is 0.00956. The lowest BCUT2D eigenvalue weighted by Gasteiger charge is -2.28. The number of phenolic OH excluding ortho intramolecular Hbond substituents is 1. The van der Waals surface area contributed by atoms with E-state index in [9.17, 15) is 19.8 Å². The minimum atomic E-state index is -1.06. The molecule has 6 nitrogen and oxygen atoms in total. The number of rotatable bonds is 19. The van der Waals surface area contributed by atoms with E-state index in [0.717, 1.165) is 44.1 Å². The monoisotopic (exact) mass is 606 g/mol. The molecule has 0 saturated carbocycles. The third-order valence-electron chi connectivity index (χ3n) is 7.46. The van der Waals surface area contributed by atoms with Gasteiger partial charge in [0.05, 0.1) is 13.5 Å². The van der Waals surface area contributed by atoms with Crippen LogP contribution in [-0.4, -0.2) is 40.8 Å². The molecule has 1 rings (SSSR count). The molecular weight excluding hydrogens is 552 g/mol. The van der Waals surface area contributed by atoms with Crippen LogP contribution in [0.2, 0.25) is 0 Å². The zero-order valence-corrected chi connectivity index (χ0v) is 28.2. The van der Waals surface area contributed by atoms with Crippen LogP contribution in [-0.2, 0) is 20.7 Å². The van der Waals surface area contributed by atoms with E-state index in [0.29, 0.717) is 23.3 Å². The van der Waals surface area contributed by atoms with E-state index in [1.807, 2.05) is 26.8 Å². The number of allylic oxidation sites excluding steroid dienone is 8. The smallest absolute Gasteiger partial charge is 0.310 e. The number of methoxy groups -OCH3 is 1. The van der Waals surface area contributed by atoms with Crippen LogP contribution in [0.1, 0.15) is 99.0 Å². The van der Waals surface area contributed by atoms with Crippen LogP contribution < -0.4 is 4.74 Å². The first-order chi connectivity index (χ1) is 20.7. The molecule has 0 heterocycles. The molecular formula is C38H54O6. The zero-order chi connectivity index (χ0) is 33.3. The maximum atomic E-state index is 12.2. The number of ether oxygens (including phenoxy) is 2. The standard InChI is InChI=1S/C38H54O6/c1-10-38(8,44-35-22-21-33(39)25-32(35)26-36(41)43-9)23-13-17-30(6)20-19-29(5)15-11-14-28(4)16-12-18-31(7)37(42)34(40)24-27(2)3/h10,14,17-19,21-22,24-25,34,39-40H,1,11-13,15-16,20,23,26H2,2-9H3/b28-14+,29-19+,30-17+,31-18+/t34-,38?/m0/s1. The van der Waals surface area contributed by atoms with Crippen LogP contribution in [0.3, 0.4) is 0 Å². The Morgan fingerprint density at radius 3 is 2.16 bits per heavy atom. The van der Waals surface area contributed by atoms with Gasteiger partial charge in [-0.3, -0.25) is 9.59 Å². The maximum absolute atomic E-state index is 12.2. The number of aliphatic hydroxyl groups is 1. The maximum Gasteiger partial charge on any atom is 0.310 e. The summed E-state index contributed by atoms with van der Waals surface area (Å²) in [6.45, 7) is 17.8. The number of phenols is 1. The quantitative estimate of drug-likeness (QED) is 0.0928. The summed E-state index contributed by atoms with van der Waals surface area (Å²) in [5.74, 6) is -0.0502. The molecule has 242 valence electrons. The molecule has 2 atom stereocenters. The van der Waals surface area contributed by atoms with E-state index in [4.69, 9.17) is 9.47 Å². The molecule has 1 unspecified atom stereocenters. The first kappa shape index (κ1) is 38.4. The fraction of sp³-hybridized carbons (Fsp3) is 0.474. The lowest BCUT2D eigenvalue weighted by Crippen LogP contribution is -2.30. The summed E-state index contributed by atoms with van der Waals surface area (Å²) >= 11 is 0. The molecule has 0 bridgehead atoms. The van der Waals surface area contributed by atoms with Crippen molar-refractivity contribution >= 4 is 11.8 Å². The molecule has 0 amide bonds. The van der Waals surface area contributed by atoms with Gasteiger partial charge in [-0.05, 0) is 129 Å². The summed E-state index contributed by atoms with van der Waals surface area (Å²) in [5, 5.41) is 19.9. The van der Waals surface area contributed by atoms with E-state index in [2.05, 4.69) is 45.6 Å². The van der Waals surface area contributed by atoms with Crippen LogP contribution >= 0.6 is 0 Å². The molecule has 2 N–H and O–H groups in total. The number of Topliss-reactive ketones (excluding diaryl/α,β-unsaturated/α-hetero) is 1. The molecule has 1 aromatic rings. The Bertz CT molecular complexity index is 1270. The van der Waals surface area contributed by atoms with Gasteiger partial charge in [0.2, 0.25) is 0 Å². The fourth-order valence-electron chi connectivity index (χ4n) is 4.49. The molecule has 6 heteroatoms. The number of aromatic hydroxyl groups is 1. The summed E-state index contributed by atoms with van der Waals surface area (Å²) in [4.78, 5) is 24.1. The van der Waals surface area contributed by atoms with Crippen molar-refractivity contribution in [2.24, 2.45) is 0 Å². The molecule has 0 aliphatic rings. The number of carbonyl (C=O) groups excluding carboxylic acids is 2. The van der Waals surface area contributed by atoms with Crippen LogP contribution in [0.5, 0.6) is 11.5 Å². The first-order valence-electron chi connectivity index (χ1n) is 15.4. The number of carbonyl (C=O) groups is 2. The molecule has 0 saturated heterocycles. The summed E-state index contributed by atoms with van der Waals surface area (Å²) in [7, 11) is 1.33. The lowest BCUT2D eigenvalue weighted by atomic mass is 9.98. The van der Waals surface area contributed by atoms with Crippen molar-refractivity contribution in [3.05, 3.63) is 94.7 Å². The zero-order valence-electron chi connectivity index (χ0n) is 28.2. The van der Waals surface area contributed by atoms with Gasteiger partial charge in [-0.1, -0.05) is 53.2 Å². The molecule has 0 aliphatic carbocycles. The summed E-state index contributed by atoms with van der Waals surface area (Å²) in [5.41, 5.74) is 5.38. The van der Waals surface area contributed by atoms with Crippen LogP contribution in [0.25, 0.3) is 0 Å². The van der Waals surface area contributed by atoms with Gasteiger partial charge in [0, 0.05) is 5.56 Å². The van der Waals surface area contributed by atoms with Gasteiger partial charge in [0.1, 0.15) is 23.2 Å². The van der Waals surface area contributed by atoms with Crippen molar-refractivity contribution in [2.75, 3.05) is 7.11 Å². The Morgan fingerprint density at radius 1 is 0.932 bits per heavy atom. The van der Waals surface area contributed by atoms with Gasteiger partial charge in [0.25, 0.3) is 0 Å². The number of esters is 1. The van der Waals surface area contributed by atoms with Gasteiger partial charge in [-0.2, -0.15) is 0 Å². The number of hydrogen-bond acceptors (Lipinski definition) is 6. The van der Waals surface area contributed by atoms with Crippen molar-refractivity contribution in [3.8, 4) is 11.5 Å². The highest BCUT2D eigenvalue weighted by molar-refractivity contribution is 5.99. The number of ketones is 1. The summed E-state index contributed by atoms with van der Waals surface area (Å²) < 4.78 is 11.1. The molecule has 1 aromatic carbocycles. The van der Waals surface area contributed by atoms with E-state index < -0.39 is 17.7 Å². The second kappa shape index (κ2) is 19.6. The number of hydrogen-bond donors (Lipinski definition) is 2. The average Bonchev–Trinajstić information content (AvgIpc) is 2.96. The van der Waals surface area contributed by atoms with E-state index in [1.165, 1.54) is 29.9 Å². The summed E-state index contributed by atoms with van der Waals surface area (Å²) in [6, 6.07) is 4.73. The Kier molecular flexibility index (Phi) is 17.1. The fourth-order valence-corrected chi connectivity index (χ4v) is 4.49. The van der Waals surface area contributed by atoms with Crippen molar-refractivity contribution in [1.29, 1.82) is 0 Å². The predicted octanol–water partition coefficient (Wildman–Crippen LogP) is 8.84. The largest absolute Gasteiger partial charge is 0.508 e. The topological polar surface area (TPSA) is 93.1 Å². The van der Waals surface area contributed by atoms with Crippen molar-refractivity contribution in [2.45, 2.75) is 112 Å². The van der Waals surface area contributed by atoms with Gasteiger partial charge in [-0.25, -0.2) is 0 Å². The second-order valence-corrected chi connectivity index (χ2v) is 12.1. The average molecular weight is 607 g/mol. The van der Waals surface area contributed by atoms with Crippen LogP contribution in [0.15, 0.2) is 89.1 Å². The van der Waals surface area contributed by atoms with Gasteiger partial charge in [0.15, 0.2) is 5.78 Å². The first-order valence-corrected chi connectivity index (χ1v) is 15.4. The Balaban J connectivity index is 2.58. The predicted molar refractivity (Wildman–Crippen MR) is 181 cm³/mol. The highest BCUT2D eigenvalue weighted by atomic mass is 16.5. The molecule has 0 radical (unpaired) electrons. The highest BCUT2D eigenvalue weighted by Crippen LogP contribution is 2.30. The summed E-state index contributed by atoms with van der Waals surface area (Å²) in [6.07, 6.45) is 17.0. The van der Waals surface area contributed by atoms with Crippen molar-refractivity contribution in [1.82, 2.24) is 0 Å². The Hall–Kier alpha value is -3.64. The third-order valence-corrected chi connectivity index (χ3v) is 7.46. The third kappa shape index (κ3) is 15.2.